The average molecular weight is 328 g/mol. The molecule has 23 heavy (non-hydrogen) atoms. The Morgan fingerprint density at radius 2 is 2.04 bits per heavy atom. The second-order valence-electron chi connectivity index (χ2n) is 5.42. The first kappa shape index (κ1) is 14.2. The highest BCUT2D eigenvalue weighted by Gasteiger charge is 2.17. The van der Waals surface area contributed by atoms with Gasteiger partial charge in [0.25, 0.3) is 5.56 Å². The SMILES string of the molecule is Nc1cccc(-c2nn3c(N4CCNCC4)cc(=O)nc3s2)c1. The molecular weight excluding hydrogens is 312 g/mol. The van der Waals surface area contributed by atoms with Crippen LogP contribution in [0.1, 0.15) is 0 Å². The summed E-state index contributed by atoms with van der Waals surface area (Å²) in [6.45, 7) is 3.48. The van der Waals surface area contributed by atoms with Crippen molar-refractivity contribution < 1.29 is 0 Å². The molecule has 3 heterocycles. The highest BCUT2D eigenvalue weighted by molar-refractivity contribution is 7.19. The second-order valence-corrected chi connectivity index (χ2v) is 6.37. The maximum absolute atomic E-state index is 11.9. The van der Waals surface area contributed by atoms with Gasteiger partial charge in [-0.3, -0.25) is 4.79 Å². The highest BCUT2D eigenvalue weighted by Crippen LogP contribution is 2.28. The van der Waals surface area contributed by atoms with Crippen molar-refractivity contribution in [2.24, 2.45) is 0 Å². The van der Waals surface area contributed by atoms with E-state index >= 15 is 0 Å². The lowest BCUT2D eigenvalue weighted by Gasteiger charge is -2.28. The van der Waals surface area contributed by atoms with E-state index in [1.54, 1.807) is 10.6 Å². The first-order valence-electron chi connectivity index (χ1n) is 7.43. The summed E-state index contributed by atoms with van der Waals surface area (Å²) in [6.07, 6.45) is 0. The molecule has 1 aromatic carbocycles. The normalized spacial score (nSPS) is 15.2. The molecule has 3 aromatic rings. The molecule has 0 radical (unpaired) electrons. The Bertz CT molecular complexity index is 912. The van der Waals surface area contributed by atoms with Crippen LogP contribution >= 0.6 is 11.3 Å². The molecule has 4 rings (SSSR count). The van der Waals surface area contributed by atoms with Gasteiger partial charge in [-0.25, -0.2) is 0 Å². The molecule has 0 bridgehead atoms. The molecule has 7 nitrogen and oxygen atoms in total. The van der Waals surface area contributed by atoms with E-state index in [-0.39, 0.29) is 5.56 Å². The molecule has 118 valence electrons. The quantitative estimate of drug-likeness (QED) is 0.677. The fourth-order valence-corrected chi connectivity index (χ4v) is 3.61. The van der Waals surface area contributed by atoms with Crippen LogP contribution in [0.25, 0.3) is 15.5 Å². The molecule has 1 aliphatic heterocycles. The van der Waals surface area contributed by atoms with E-state index in [4.69, 9.17) is 5.73 Å². The van der Waals surface area contributed by atoms with Gasteiger partial charge < -0.3 is 16.0 Å². The molecule has 1 aliphatic rings. The maximum Gasteiger partial charge on any atom is 0.276 e. The van der Waals surface area contributed by atoms with Crippen molar-refractivity contribution in [3.63, 3.8) is 0 Å². The molecule has 0 spiro atoms. The molecule has 1 fully saturated rings. The monoisotopic (exact) mass is 328 g/mol. The van der Waals surface area contributed by atoms with Gasteiger partial charge in [0.2, 0.25) is 4.96 Å². The second kappa shape index (κ2) is 5.64. The van der Waals surface area contributed by atoms with Crippen LogP contribution in [0.4, 0.5) is 11.5 Å². The zero-order valence-corrected chi connectivity index (χ0v) is 13.2. The lowest BCUT2D eigenvalue weighted by molar-refractivity contribution is 0.579. The summed E-state index contributed by atoms with van der Waals surface area (Å²) < 4.78 is 1.76. The molecule has 3 N–H and O–H groups in total. The van der Waals surface area contributed by atoms with Crippen molar-refractivity contribution in [2.75, 3.05) is 36.8 Å². The third-order valence-corrected chi connectivity index (χ3v) is 4.77. The number of nitrogens with one attached hydrogen (secondary N) is 1. The van der Waals surface area contributed by atoms with Gasteiger partial charge in [-0.1, -0.05) is 23.5 Å². The van der Waals surface area contributed by atoms with Gasteiger partial charge in [0.05, 0.1) is 0 Å². The first-order chi connectivity index (χ1) is 11.2. The van der Waals surface area contributed by atoms with E-state index in [1.165, 1.54) is 11.3 Å². The summed E-state index contributed by atoms with van der Waals surface area (Å²) in [5.74, 6) is 0.799. The summed E-state index contributed by atoms with van der Waals surface area (Å²) in [4.78, 5) is 18.8. The largest absolute Gasteiger partial charge is 0.399 e. The highest BCUT2D eigenvalue weighted by atomic mass is 32.1. The summed E-state index contributed by atoms with van der Waals surface area (Å²) >= 11 is 1.39. The van der Waals surface area contributed by atoms with E-state index in [2.05, 4.69) is 20.3 Å². The number of aromatic nitrogens is 3. The zero-order chi connectivity index (χ0) is 15.8. The molecule has 0 amide bonds. The van der Waals surface area contributed by atoms with Gasteiger partial charge in [-0.2, -0.15) is 14.6 Å². The average Bonchev–Trinajstić information content (AvgIpc) is 2.99. The fourth-order valence-electron chi connectivity index (χ4n) is 2.71. The summed E-state index contributed by atoms with van der Waals surface area (Å²) in [7, 11) is 0. The molecule has 8 heteroatoms. The Morgan fingerprint density at radius 3 is 2.83 bits per heavy atom. The molecule has 0 aliphatic carbocycles. The van der Waals surface area contributed by atoms with Crippen LogP contribution in [0.5, 0.6) is 0 Å². The Balaban J connectivity index is 1.86. The Morgan fingerprint density at radius 1 is 1.22 bits per heavy atom. The third-order valence-electron chi connectivity index (χ3n) is 3.81. The smallest absolute Gasteiger partial charge is 0.276 e. The minimum atomic E-state index is -0.235. The van der Waals surface area contributed by atoms with E-state index in [0.717, 1.165) is 42.6 Å². The maximum atomic E-state index is 11.9. The van der Waals surface area contributed by atoms with Crippen LogP contribution in [0.2, 0.25) is 0 Å². The molecule has 0 atom stereocenters. The number of nitrogens with two attached hydrogens (primary N) is 1. The van der Waals surface area contributed by atoms with Crippen molar-refractivity contribution >= 4 is 27.8 Å². The number of rotatable bonds is 2. The Labute approximate surface area is 136 Å². The number of nitrogens with zero attached hydrogens (tertiary/aromatic N) is 4. The number of nitrogen functional groups attached to an aromatic ring is 1. The number of hydrogen-bond acceptors (Lipinski definition) is 7. The number of hydrogen-bond donors (Lipinski definition) is 2. The van der Waals surface area contributed by atoms with Crippen molar-refractivity contribution in [3.05, 3.63) is 40.7 Å². The topological polar surface area (TPSA) is 88.5 Å². The fraction of sp³-hybridized carbons (Fsp3) is 0.267. The standard InChI is InChI=1S/C15H16N6OS/c16-11-3-1-2-10(8-11)14-19-21-13(20-6-4-17-5-7-20)9-12(22)18-15(21)23-14/h1-3,8-9,17H,4-7,16H2. The van der Waals surface area contributed by atoms with Crippen LogP contribution in [0, 0.1) is 0 Å². The Kier molecular flexibility index (Phi) is 3.47. The van der Waals surface area contributed by atoms with Gasteiger partial charge >= 0.3 is 0 Å². The number of anilines is 2. The van der Waals surface area contributed by atoms with Crippen LogP contribution in [-0.2, 0) is 0 Å². The first-order valence-corrected chi connectivity index (χ1v) is 8.25. The summed E-state index contributed by atoms with van der Waals surface area (Å²) in [6, 6.07) is 9.12. The van der Waals surface area contributed by atoms with Crippen LogP contribution < -0.4 is 21.5 Å². The van der Waals surface area contributed by atoms with Crippen molar-refractivity contribution in [3.8, 4) is 10.6 Å². The Hall–Kier alpha value is -2.45. The van der Waals surface area contributed by atoms with E-state index in [1.807, 2.05) is 24.3 Å². The molecule has 1 saturated heterocycles. The van der Waals surface area contributed by atoms with Gasteiger partial charge in [-0.15, -0.1) is 0 Å². The van der Waals surface area contributed by atoms with Gasteiger partial charge in [0.1, 0.15) is 10.8 Å². The number of benzene rings is 1. The minimum absolute atomic E-state index is 0.235. The van der Waals surface area contributed by atoms with Gasteiger partial charge in [0, 0.05) is 43.5 Å². The molecule has 0 unspecified atom stereocenters. The van der Waals surface area contributed by atoms with Crippen molar-refractivity contribution in [1.29, 1.82) is 0 Å². The molecular formula is C15H16N6OS. The zero-order valence-electron chi connectivity index (χ0n) is 12.4. The predicted molar refractivity (Wildman–Crippen MR) is 92.1 cm³/mol. The summed E-state index contributed by atoms with van der Waals surface area (Å²) in [5, 5.41) is 8.76. The lowest BCUT2D eigenvalue weighted by Crippen LogP contribution is -2.44. The summed E-state index contributed by atoms with van der Waals surface area (Å²) in [5.41, 5.74) is 7.23. The molecule has 2 aromatic heterocycles. The van der Waals surface area contributed by atoms with Gasteiger partial charge in [0.15, 0.2) is 0 Å². The van der Waals surface area contributed by atoms with Crippen LogP contribution in [0.15, 0.2) is 35.1 Å². The minimum Gasteiger partial charge on any atom is -0.399 e. The van der Waals surface area contributed by atoms with E-state index in [9.17, 15) is 4.79 Å². The third kappa shape index (κ3) is 2.66. The molecule has 0 saturated carbocycles. The lowest BCUT2D eigenvalue weighted by atomic mass is 10.2. The predicted octanol–water partition coefficient (Wildman–Crippen LogP) is 0.810. The van der Waals surface area contributed by atoms with Crippen molar-refractivity contribution in [1.82, 2.24) is 19.9 Å². The van der Waals surface area contributed by atoms with Crippen molar-refractivity contribution in [2.45, 2.75) is 0 Å². The number of piperazine rings is 1. The number of fused-ring (bicyclic) bond motifs is 1. The van der Waals surface area contributed by atoms with E-state index in [0.29, 0.717) is 10.6 Å². The van der Waals surface area contributed by atoms with E-state index < -0.39 is 0 Å². The van der Waals surface area contributed by atoms with Crippen LogP contribution in [0.3, 0.4) is 0 Å². The van der Waals surface area contributed by atoms with Crippen LogP contribution in [-0.4, -0.2) is 40.8 Å². The van der Waals surface area contributed by atoms with Gasteiger partial charge in [-0.05, 0) is 12.1 Å².